The van der Waals surface area contributed by atoms with E-state index in [1.54, 1.807) is 16.7 Å². The van der Waals surface area contributed by atoms with E-state index in [2.05, 4.69) is 20.2 Å². The van der Waals surface area contributed by atoms with E-state index in [-0.39, 0.29) is 18.4 Å². The van der Waals surface area contributed by atoms with Crippen molar-refractivity contribution in [2.24, 2.45) is 0 Å². The number of carboxylic acid groups (broad SMARTS) is 1. The third kappa shape index (κ3) is 5.90. The van der Waals surface area contributed by atoms with E-state index in [1.807, 2.05) is 30.5 Å². The van der Waals surface area contributed by atoms with Gasteiger partial charge in [-0.3, -0.25) is 9.69 Å². The summed E-state index contributed by atoms with van der Waals surface area (Å²) in [5, 5.41) is 14.7. The quantitative estimate of drug-likeness (QED) is 0.456. The first-order chi connectivity index (χ1) is 15.0. The molecule has 0 radical (unpaired) electrons. The van der Waals surface area contributed by atoms with Gasteiger partial charge in [0.25, 0.3) is 0 Å². The lowest BCUT2D eigenvalue weighted by Crippen LogP contribution is -2.41. The van der Waals surface area contributed by atoms with E-state index in [1.165, 1.54) is 0 Å². The molecule has 31 heavy (non-hydrogen) atoms. The lowest BCUT2D eigenvalue weighted by atomic mass is 10.1. The van der Waals surface area contributed by atoms with Gasteiger partial charge < -0.3 is 20.3 Å². The molecule has 3 rings (SSSR count). The number of imidazole rings is 1. The van der Waals surface area contributed by atoms with Crippen molar-refractivity contribution in [2.75, 3.05) is 30.0 Å². The van der Waals surface area contributed by atoms with Gasteiger partial charge in [0.1, 0.15) is 6.04 Å². The van der Waals surface area contributed by atoms with Crippen LogP contribution >= 0.6 is 11.8 Å². The molecule has 1 aliphatic heterocycles. The Morgan fingerprint density at radius 2 is 2.00 bits per heavy atom. The largest absolute Gasteiger partial charge is 0.480 e. The van der Waals surface area contributed by atoms with E-state index < -0.39 is 12.0 Å². The van der Waals surface area contributed by atoms with Crippen LogP contribution in [0, 0.1) is 0 Å². The van der Waals surface area contributed by atoms with Crippen molar-refractivity contribution in [3.63, 3.8) is 0 Å². The summed E-state index contributed by atoms with van der Waals surface area (Å²) in [7, 11) is 0. The number of rotatable bonds is 11. The molecule has 0 bridgehead atoms. The number of aliphatic carboxylic acids is 1. The molecular formula is C21H29N5O4S. The Balaban J connectivity index is 1.34. The van der Waals surface area contributed by atoms with Gasteiger partial charge in [0.15, 0.2) is 0 Å². The maximum atomic E-state index is 12.5. The van der Waals surface area contributed by atoms with Gasteiger partial charge in [-0.2, -0.15) is 11.8 Å². The smallest absolute Gasteiger partial charge is 0.326 e. The number of aromatic nitrogens is 2. The van der Waals surface area contributed by atoms with E-state index >= 15 is 0 Å². The Morgan fingerprint density at radius 1 is 1.19 bits per heavy atom. The predicted molar refractivity (Wildman–Crippen MR) is 122 cm³/mol. The molecule has 0 fully saturated rings. The van der Waals surface area contributed by atoms with Crippen LogP contribution in [0.5, 0.6) is 0 Å². The summed E-state index contributed by atoms with van der Waals surface area (Å²) >= 11 is 1.55. The zero-order chi connectivity index (χ0) is 22.2. The number of nitrogens with zero attached hydrogens (tertiary/aromatic N) is 3. The molecule has 0 unspecified atom stereocenters. The van der Waals surface area contributed by atoms with E-state index in [4.69, 9.17) is 5.11 Å². The number of amides is 3. The van der Waals surface area contributed by atoms with Crippen LogP contribution in [0.1, 0.15) is 32.1 Å². The fourth-order valence-electron chi connectivity index (χ4n) is 3.62. The average molecular weight is 448 g/mol. The van der Waals surface area contributed by atoms with Gasteiger partial charge in [-0.1, -0.05) is 18.6 Å². The van der Waals surface area contributed by atoms with Crippen LogP contribution in [0.15, 0.2) is 24.3 Å². The number of carboxylic acids is 1. The van der Waals surface area contributed by atoms with Crippen LogP contribution in [0.2, 0.25) is 0 Å². The topological polar surface area (TPSA) is 117 Å². The zero-order valence-electron chi connectivity index (χ0n) is 17.7. The summed E-state index contributed by atoms with van der Waals surface area (Å²) in [6.45, 7) is 1.84. The maximum absolute atomic E-state index is 12.5. The SMILES string of the molecule is CSCC[C@@H](NC(=O)CCCCCNC(=O)N1CCn2c1nc1ccccc12)C(=O)O. The monoisotopic (exact) mass is 447 g/mol. The summed E-state index contributed by atoms with van der Waals surface area (Å²) in [5.41, 5.74) is 1.91. The summed E-state index contributed by atoms with van der Waals surface area (Å²) in [5.74, 6) is 0.114. The number of nitrogens with one attached hydrogen (secondary N) is 2. The summed E-state index contributed by atoms with van der Waals surface area (Å²) in [4.78, 5) is 41.9. The number of carbonyl (C=O) groups excluding carboxylic acids is 2. The van der Waals surface area contributed by atoms with Gasteiger partial charge in [0.2, 0.25) is 11.9 Å². The molecule has 168 valence electrons. The summed E-state index contributed by atoms with van der Waals surface area (Å²) in [6.07, 6.45) is 4.77. The minimum Gasteiger partial charge on any atom is -0.480 e. The molecule has 2 heterocycles. The van der Waals surface area contributed by atoms with Gasteiger partial charge >= 0.3 is 12.0 Å². The van der Waals surface area contributed by atoms with Crippen molar-refractivity contribution in [3.05, 3.63) is 24.3 Å². The van der Waals surface area contributed by atoms with Crippen molar-refractivity contribution in [1.29, 1.82) is 0 Å². The molecule has 1 aromatic carbocycles. The average Bonchev–Trinajstić information content (AvgIpc) is 3.32. The normalized spacial score (nSPS) is 13.8. The van der Waals surface area contributed by atoms with Gasteiger partial charge in [-0.15, -0.1) is 0 Å². The summed E-state index contributed by atoms with van der Waals surface area (Å²) in [6, 6.07) is 6.85. The molecule has 10 heteroatoms. The third-order valence-corrected chi connectivity index (χ3v) is 5.91. The molecule has 9 nitrogen and oxygen atoms in total. The minimum absolute atomic E-state index is 0.162. The minimum atomic E-state index is -0.999. The van der Waals surface area contributed by atoms with Crippen molar-refractivity contribution in [1.82, 2.24) is 20.2 Å². The zero-order valence-corrected chi connectivity index (χ0v) is 18.5. The number of para-hydroxylation sites is 2. The van der Waals surface area contributed by atoms with E-state index in [0.29, 0.717) is 37.6 Å². The molecular weight excluding hydrogens is 418 g/mol. The summed E-state index contributed by atoms with van der Waals surface area (Å²) < 4.78 is 2.05. The van der Waals surface area contributed by atoms with E-state index in [9.17, 15) is 14.4 Å². The van der Waals surface area contributed by atoms with Gasteiger partial charge in [0.05, 0.1) is 11.0 Å². The van der Waals surface area contributed by atoms with Crippen LogP contribution < -0.4 is 15.5 Å². The highest BCUT2D eigenvalue weighted by molar-refractivity contribution is 7.98. The lowest BCUT2D eigenvalue weighted by molar-refractivity contribution is -0.141. The lowest BCUT2D eigenvalue weighted by Gasteiger charge is -2.15. The van der Waals surface area contributed by atoms with Gasteiger partial charge in [-0.05, 0) is 43.4 Å². The molecule has 0 saturated heterocycles. The first-order valence-electron chi connectivity index (χ1n) is 10.5. The Labute approximate surface area is 185 Å². The number of benzene rings is 1. The second kappa shape index (κ2) is 11.0. The first-order valence-corrected chi connectivity index (χ1v) is 11.9. The highest BCUT2D eigenvalue weighted by atomic mass is 32.2. The molecule has 0 aliphatic carbocycles. The number of fused-ring (bicyclic) bond motifs is 3. The Bertz CT molecular complexity index is 932. The Hall–Kier alpha value is -2.75. The van der Waals surface area contributed by atoms with Crippen LogP contribution in [-0.4, -0.2) is 63.7 Å². The fourth-order valence-corrected chi connectivity index (χ4v) is 4.09. The van der Waals surface area contributed by atoms with Crippen LogP contribution in [0.25, 0.3) is 11.0 Å². The predicted octanol–water partition coefficient (Wildman–Crippen LogP) is 2.45. The molecule has 0 saturated carbocycles. The van der Waals surface area contributed by atoms with Crippen LogP contribution in [0.3, 0.4) is 0 Å². The molecule has 1 atom stereocenters. The van der Waals surface area contributed by atoms with Crippen molar-refractivity contribution < 1.29 is 19.5 Å². The van der Waals surface area contributed by atoms with Gasteiger partial charge in [-0.25, -0.2) is 14.6 Å². The number of hydrogen-bond acceptors (Lipinski definition) is 5. The van der Waals surface area contributed by atoms with Crippen molar-refractivity contribution in [2.45, 2.75) is 44.7 Å². The van der Waals surface area contributed by atoms with Crippen LogP contribution in [-0.2, 0) is 16.1 Å². The van der Waals surface area contributed by atoms with Crippen molar-refractivity contribution in [3.8, 4) is 0 Å². The number of urea groups is 1. The molecule has 1 aromatic heterocycles. The standard InChI is InChI=1S/C21H29N5O4S/c1-31-14-10-16(19(28)29)23-18(27)9-3-2-6-11-22-21(30)26-13-12-25-17-8-5-4-7-15(17)24-20(25)26/h4-5,7-8,16H,2-3,6,9-14H2,1H3,(H,22,30)(H,23,27)(H,28,29)/t16-/m1/s1. The molecule has 2 aromatic rings. The highest BCUT2D eigenvalue weighted by Gasteiger charge is 2.28. The third-order valence-electron chi connectivity index (χ3n) is 5.27. The molecule has 3 N–H and O–H groups in total. The number of anilines is 1. The molecule has 1 aliphatic rings. The number of unbranched alkanes of at least 4 members (excludes halogenated alkanes) is 2. The first kappa shape index (κ1) is 22.9. The number of thioether (sulfide) groups is 1. The molecule has 3 amide bonds. The van der Waals surface area contributed by atoms with Gasteiger partial charge in [0, 0.05) is 26.1 Å². The number of carbonyl (C=O) groups is 3. The fraction of sp³-hybridized carbons (Fsp3) is 0.524. The van der Waals surface area contributed by atoms with Crippen molar-refractivity contribution >= 4 is 46.7 Å². The molecule has 0 spiro atoms. The second-order valence-electron chi connectivity index (χ2n) is 7.49. The van der Waals surface area contributed by atoms with Crippen LogP contribution in [0.4, 0.5) is 10.7 Å². The highest BCUT2D eigenvalue weighted by Crippen LogP contribution is 2.26. The Morgan fingerprint density at radius 3 is 2.77 bits per heavy atom. The maximum Gasteiger partial charge on any atom is 0.326 e. The second-order valence-corrected chi connectivity index (χ2v) is 8.47. The Kier molecular flexibility index (Phi) is 8.16. The number of hydrogen-bond donors (Lipinski definition) is 3. The van der Waals surface area contributed by atoms with E-state index in [0.717, 1.165) is 30.4 Å².